The summed E-state index contributed by atoms with van der Waals surface area (Å²) in [5.74, 6) is -1.96. The molecule has 0 bridgehead atoms. The van der Waals surface area contributed by atoms with E-state index in [0.29, 0.717) is 19.4 Å². The lowest BCUT2D eigenvalue weighted by Crippen LogP contribution is -2.44. The van der Waals surface area contributed by atoms with Crippen molar-refractivity contribution in [1.82, 2.24) is 0 Å². The third-order valence-electron chi connectivity index (χ3n) is 5.52. The number of rotatable bonds is 2. The summed E-state index contributed by atoms with van der Waals surface area (Å²) < 4.78 is 0. The van der Waals surface area contributed by atoms with Crippen molar-refractivity contribution < 1.29 is 14.7 Å². The molecule has 1 amide bonds. The Labute approximate surface area is 143 Å². The molecule has 4 heteroatoms. The second kappa shape index (κ2) is 6.42. The third kappa shape index (κ3) is 2.97. The van der Waals surface area contributed by atoms with Crippen LogP contribution in [-0.2, 0) is 16.0 Å². The quantitative estimate of drug-likeness (QED) is 0.842. The van der Waals surface area contributed by atoms with Crippen LogP contribution >= 0.6 is 0 Å². The Hall–Kier alpha value is -2.10. The van der Waals surface area contributed by atoms with E-state index >= 15 is 0 Å². The molecule has 128 valence electrons. The second-order valence-electron chi connectivity index (χ2n) is 7.25. The number of aryl methyl sites for hydroxylation is 2. The van der Waals surface area contributed by atoms with E-state index in [1.165, 1.54) is 11.1 Å². The first-order valence-corrected chi connectivity index (χ1v) is 8.67. The fourth-order valence-corrected chi connectivity index (χ4v) is 3.97. The fraction of sp³-hybridized carbons (Fsp3) is 0.500. The van der Waals surface area contributed by atoms with Crippen LogP contribution in [0.2, 0.25) is 0 Å². The van der Waals surface area contributed by atoms with Gasteiger partial charge in [0.25, 0.3) is 0 Å². The number of fused-ring (bicyclic) bond motifs is 1. The van der Waals surface area contributed by atoms with Gasteiger partial charge in [-0.25, -0.2) is 0 Å². The first kappa shape index (κ1) is 16.7. The molecule has 0 spiro atoms. The number of amides is 1. The molecule has 1 heterocycles. The maximum atomic E-state index is 13.2. The van der Waals surface area contributed by atoms with Crippen LogP contribution in [-0.4, -0.2) is 23.5 Å². The van der Waals surface area contributed by atoms with Gasteiger partial charge in [-0.3, -0.25) is 9.59 Å². The van der Waals surface area contributed by atoms with Gasteiger partial charge in [-0.1, -0.05) is 28.8 Å². The molecule has 1 N–H and O–H groups in total. The minimum Gasteiger partial charge on any atom is -0.481 e. The molecule has 24 heavy (non-hydrogen) atoms. The monoisotopic (exact) mass is 327 g/mol. The molecule has 2 atom stereocenters. The Kier molecular flexibility index (Phi) is 4.48. The van der Waals surface area contributed by atoms with Crippen molar-refractivity contribution in [3.8, 4) is 0 Å². The predicted octanol–water partition coefficient (Wildman–Crippen LogP) is 3.72. The lowest BCUT2D eigenvalue weighted by molar-refractivity contribution is -0.147. The van der Waals surface area contributed by atoms with Crippen LogP contribution in [0, 0.1) is 18.8 Å². The summed E-state index contributed by atoms with van der Waals surface area (Å²) in [5, 5.41) is 9.60. The highest BCUT2D eigenvalue weighted by Gasteiger charge is 2.40. The molecule has 3 rings (SSSR count). The van der Waals surface area contributed by atoms with Crippen LogP contribution in [0.25, 0.3) is 0 Å². The minimum absolute atomic E-state index is 0.0287. The van der Waals surface area contributed by atoms with Gasteiger partial charge in [0.05, 0.1) is 11.8 Å². The Balaban J connectivity index is 1.93. The zero-order valence-corrected chi connectivity index (χ0v) is 14.6. The number of benzene rings is 1. The van der Waals surface area contributed by atoms with E-state index in [4.69, 9.17) is 0 Å². The maximum absolute atomic E-state index is 13.2. The highest BCUT2D eigenvalue weighted by molar-refractivity contribution is 5.98. The second-order valence-corrected chi connectivity index (χ2v) is 7.25. The van der Waals surface area contributed by atoms with Gasteiger partial charge in [-0.2, -0.15) is 0 Å². The zero-order valence-electron chi connectivity index (χ0n) is 14.6. The SMILES string of the molecule is CC1=C(C)C[C@H](C(=O)N2CCCc3cc(C)ccc32)[C@@H](C(=O)O)C1. The first-order valence-electron chi connectivity index (χ1n) is 8.67. The summed E-state index contributed by atoms with van der Waals surface area (Å²) in [7, 11) is 0. The van der Waals surface area contributed by atoms with Crippen molar-refractivity contribution >= 4 is 17.6 Å². The van der Waals surface area contributed by atoms with Crippen LogP contribution < -0.4 is 4.90 Å². The smallest absolute Gasteiger partial charge is 0.307 e. The molecule has 0 radical (unpaired) electrons. The number of carboxylic acids is 1. The molecular weight excluding hydrogens is 302 g/mol. The van der Waals surface area contributed by atoms with Gasteiger partial charge >= 0.3 is 5.97 Å². The van der Waals surface area contributed by atoms with Gasteiger partial charge < -0.3 is 10.0 Å². The summed E-state index contributed by atoms with van der Waals surface area (Å²) in [5.41, 5.74) is 5.62. The molecule has 0 saturated carbocycles. The van der Waals surface area contributed by atoms with E-state index in [2.05, 4.69) is 13.0 Å². The van der Waals surface area contributed by atoms with Crippen molar-refractivity contribution in [2.45, 2.75) is 46.5 Å². The number of nitrogens with zero attached hydrogens (tertiary/aromatic N) is 1. The Morgan fingerprint density at radius 2 is 1.75 bits per heavy atom. The number of carbonyl (C=O) groups is 2. The molecule has 1 aliphatic carbocycles. The van der Waals surface area contributed by atoms with Gasteiger partial charge in [0.1, 0.15) is 0 Å². The number of hydrogen-bond acceptors (Lipinski definition) is 2. The lowest BCUT2D eigenvalue weighted by atomic mass is 9.75. The Morgan fingerprint density at radius 1 is 1.08 bits per heavy atom. The Morgan fingerprint density at radius 3 is 2.42 bits per heavy atom. The van der Waals surface area contributed by atoms with Crippen LogP contribution in [0.5, 0.6) is 0 Å². The van der Waals surface area contributed by atoms with E-state index in [1.54, 1.807) is 0 Å². The average molecular weight is 327 g/mol. The lowest BCUT2D eigenvalue weighted by Gasteiger charge is -2.36. The van der Waals surface area contributed by atoms with Crippen molar-refractivity contribution in [3.63, 3.8) is 0 Å². The van der Waals surface area contributed by atoms with Crippen molar-refractivity contribution in [2.75, 3.05) is 11.4 Å². The molecule has 0 saturated heterocycles. The van der Waals surface area contributed by atoms with Gasteiger partial charge in [-0.15, -0.1) is 0 Å². The van der Waals surface area contributed by atoms with Crippen LogP contribution in [0.1, 0.15) is 44.2 Å². The number of carbonyl (C=O) groups excluding carboxylic acids is 1. The summed E-state index contributed by atoms with van der Waals surface area (Å²) >= 11 is 0. The minimum atomic E-state index is -0.860. The maximum Gasteiger partial charge on any atom is 0.307 e. The van der Waals surface area contributed by atoms with E-state index in [1.807, 2.05) is 30.9 Å². The summed E-state index contributed by atoms with van der Waals surface area (Å²) in [4.78, 5) is 26.7. The number of carboxylic acid groups (broad SMARTS) is 1. The van der Waals surface area contributed by atoms with Crippen molar-refractivity contribution in [3.05, 3.63) is 40.5 Å². The van der Waals surface area contributed by atoms with Gasteiger partial charge in [0.2, 0.25) is 5.91 Å². The average Bonchev–Trinajstić information content (AvgIpc) is 2.55. The molecule has 4 nitrogen and oxygen atoms in total. The van der Waals surface area contributed by atoms with Gasteiger partial charge in [-0.05, 0) is 58.1 Å². The molecule has 0 fully saturated rings. The van der Waals surface area contributed by atoms with E-state index in [9.17, 15) is 14.7 Å². The predicted molar refractivity (Wildman–Crippen MR) is 94.1 cm³/mol. The highest BCUT2D eigenvalue weighted by atomic mass is 16.4. The van der Waals surface area contributed by atoms with Crippen molar-refractivity contribution in [1.29, 1.82) is 0 Å². The number of anilines is 1. The third-order valence-corrected chi connectivity index (χ3v) is 5.52. The van der Waals surface area contributed by atoms with Gasteiger partial charge in [0.15, 0.2) is 0 Å². The molecule has 1 aliphatic heterocycles. The number of allylic oxidation sites excluding steroid dienone is 2. The van der Waals surface area contributed by atoms with Crippen LogP contribution in [0.3, 0.4) is 0 Å². The Bertz CT molecular complexity index is 720. The number of aliphatic carboxylic acids is 1. The summed E-state index contributed by atoms with van der Waals surface area (Å²) in [6.07, 6.45) is 2.94. The van der Waals surface area contributed by atoms with Crippen LogP contribution in [0.4, 0.5) is 5.69 Å². The molecular formula is C20H25NO3. The molecule has 0 aromatic heterocycles. The van der Waals surface area contributed by atoms with Gasteiger partial charge in [0, 0.05) is 12.2 Å². The van der Waals surface area contributed by atoms with E-state index < -0.39 is 17.8 Å². The zero-order chi connectivity index (χ0) is 17.4. The molecule has 2 aliphatic rings. The largest absolute Gasteiger partial charge is 0.481 e. The highest BCUT2D eigenvalue weighted by Crippen LogP contribution is 2.38. The van der Waals surface area contributed by atoms with E-state index in [-0.39, 0.29) is 5.91 Å². The summed E-state index contributed by atoms with van der Waals surface area (Å²) in [6, 6.07) is 6.17. The summed E-state index contributed by atoms with van der Waals surface area (Å²) in [6.45, 7) is 6.73. The molecule has 1 aromatic carbocycles. The van der Waals surface area contributed by atoms with Crippen molar-refractivity contribution in [2.24, 2.45) is 11.8 Å². The topological polar surface area (TPSA) is 57.6 Å². The first-order chi connectivity index (χ1) is 11.4. The number of hydrogen-bond donors (Lipinski definition) is 1. The molecule has 0 unspecified atom stereocenters. The normalized spacial score (nSPS) is 23.9. The standard InChI is InChI=1S/C20H25NO3/c1-12-6-7-18-15(9-12)5-4-8-21(18)19(22)16-10-13(2)14(3)11-17(16)20(23)24/h6-7,9,16-17H,4-5,8,10-11H2,1-3H3,(H,23,24)/t16-,17-/m0/s1. The fourth-order valence-electron chi connectivity index (χ4n) is 3.97. The van der Waals surface area contributed by atoms with Crippen LogP contribution in [0.15, 0.2) is 29.3 Å². The molecule has 1 aromatic rings. The van der Waals surface area contributed by atoms with E-state index in [0.717, 1.165) is 29.7 Å².